The summed E-state index contributed by atoms with van der Waals surface area (Å²) in [6.07, 6.45) is 0. The first kappa shape index (κ1) is 25.0. The van der Waals surface area contributed by atoms with Crippen LogP contribution in [0.1, 0.15) is 34.0 Å². The molecule has 0 saturated heterocycles. The van der Waals surface area contributed by atoms with Gasteiger partial charge >= 0.3 is 5.97 Å². The fraction of sp³-hybridized carbons (Fsp3) is 0.231. The van der Waals surface area contributed by atoms with E-state index in [1.807, 2.05) is 19.9 Å². The number of aryl methyl sites for hydroxylation is 3. The van der Waals surface area contributed by atoms with Crippen LogP contribution < -0.4 is 9.62 Å². The molecule has 1 N–H and O–H groups in total. The lowest BCUT2D eigenvalue weighted by Crippen LogP contribution is -2.38. The number of ether oxygens (including phenoxy) is 1. The van der Waals surface area contributed by atoms with Crippen molar-refractivity contribution in [2.45, 2.75) is 32.6 Å². The lowest BCUT2D eigenvalue weighted by atomic mass is 10.1. The van der Waals surface area contributed by atoms with E-state index in [0.29, 0.717) is 22.5 Å². The molecular weight excluding hydrogens is 452 g/mol. The third-order valence-corrected chi connectivity index (χ3v) is 7.20. The normalized spacial score (nSPS) is 11.1. The molecule has 0 aliphatic rings. The van der Waals surface area contributed by atoms with Gasteiger partial charge in [-0.05, 0) is 86.8 Å². The molecule has 0 fully saturated rings. The van der Waals surface area contributed by atoms with E-state index in [1.165, 1.54) is 12.1 Å². The first-order valence-electron chi connectivity index (χ1n) is 10.9. The zero-order valence-electron chi connectivity index (χ0n) is 19.7. The van der Waals surface area contributed by atoms with Crippen LogP contribution in [0.2, 0.25) is 0 Å². The minimum absolute atomic E-state index is 0.0935. The maximum atomic E-state index is 13.5. The summed E-state index contributed by atoms with van der Waals surface area (Å²) in [5.74, 6) is -0.955. The Hall–Kier alpha value is -3.65. The summed E-state index contributed by atoms with van der Waals surface area (Å²) >= 11 is 0. The predicted molar refractivity (Wildman–Crippen MR) is 133 cm³/mol. The first-order valence-corrected chi connectivity index (χ1v) is 12.3. The van der Waals surface area contributed by atoms with Gasteiger partial charge < -0.3 is 10.1 Å². The predicted octanol–water partition coefficient (Wildman–Crippen LogP) is 4.62. The van der Waals surface area contributed by atoms with E-state index in [4.69, 9.17) is 4.74 Å². The second kappa shape index (κ2) is 10.5. The molecule has 0 unspecified atom stereocenters. The number of sulfonamides is 1. The zero-order chi connectivity index (χ0) is 24.9. The van der Waals surface area contributed by atoms with Crippen LogP contribution in [-0.4, -0.2) is 33.4 Å². The molecule has 8 heteroatoms. The number of carbonyl (C=O) groups excluding carboxylic acids is 2. The SMILES string of the molecule is CCOC(=O)c1ccc(NC(=O)CN(c2ccc(C)c(C)c2)S(=O)(=O)c2ccccc2)c(C)c1. The van der Waals surface area contributed by atoms with Crippen LogP contribution >= 0.6 is 0 Å². The number of hydrogen-bond donors (Lipinski definition) is 1. The highest BCUT2D eigenvalue weighted by atomic mass is 32.2. The van der Waals surface area contributed by atoms with E-state index >= 15 is 0 Å². The monoisotopic (exact) mass is 480 g/mol. The summed E-state index contributed by atoms with van der Waals surface area (Å²) in [4.78, 5) is 25.0. The Bertz CT molecular complexity index is 1300. The van der Waals surface area contributed by atoms with Gasteiger partial charge in [-0.25, -0.2) is 13.2 Å². The van der Waals surface area contributed by atoms with Crippen molar-refractivity contribution in [1.82, 2.24) is 0 Å². The Labute approximate surface area is 200 Å². The summed E-state index contributed by atoms with van der Waals surface area (Å²) in [7, 11) is -3.99. The average molecular weight is 481 g/mol. The number of hydrogen-bond acceptors (Lipinski definition) is 5. The highest BCUT2D eigenvalue weighted by molar-refractivity contribution is 7.92. The molecule has 0 aliphatic heterocycles. The minimum Gasteiger partial charge on any atom is -0.462 e. The largest absolute Gasteiger partial charge is 0.462 e. The molecule has 7 nitrogen and oxygen atoms in total. The smallest absolute Gasteiger partial charge is 0.338 e. The second-order valence-electron chi connectivity index (χ2n) is 7.89. The molecule has 0 aromatic heterocycles. The topological polar surface area (TPSA) is 92.8 Å². The minimum atomic E-state index is -3.99. The van der Waals surface area contributed by atoms with Gasteiger partial charge in [0.15, 0.2) is 0 Å². The van der Waals surface area contributed by atoms with Crippen LogP contribution in [0.5, 0.6) is 0 Å². The Morgan fingerprint density at radius 3 is 2.21 bits per heavy atom. The molecule has 0 bridgehead atoms. The maximum Gasteiger partial charge on any atom is 0.338 e. The third kappa shape index (κ3) is 5.63. The number of esters is 1. The highest BCUT2D eigenvalue weighted by Crippen LogP contribution is 2.26. The Morgan fingerprint density at radius 1 is 0.882 bits per heavy atom. The summed E-state index contributed by atoms with van der Waals surface area (Å²) in [5, 5.41) is 2.76. The van der Waals surface area contributed by atoms with Crippen LogP contribution in [0, 0.1) is 20.8 Å². The molecule has 34 heavy (non-hydrogen) atoms. The van der Waals surface area contributed by atoms with Crippen molar-refractivity contribution in [2.24, 2.45) is 0 Å². The van der Waals surface area contributed by atoms with Crippen molar-refractivity contribution in [1.29, 1.82) is 0 Å². The van der Waals surface area contributed by atoms with E-state index in [2.05, 4.69) is 5.32 Å². The van der Waals surface area contributed by atoms with Crippen molar-refractivity contribution >= 4 is 33.3 Å². The van der Waals surface area contributed by atoms with Crippen molar-refractivity contribution in [2.75, 3.05) is 22.8 Å². The van der Waals surface area contributed by atoms with E-state index in [9.17, 15) is 18.0 Å². The number of nitrogens with one attached hydrogen (secondary N) is 1. The third-order valence-electron chi connectivity index (χ3n) is 5.41. The van der Waals surface area contributed by atoms with Crippen molar-refractivity contribution < 1.29 is 22.7 Å². The van der Waals surface area contributed by atoms with Gasteiger partial charge in [-0.1, -0.05) is 24.3 Å². The molecule has 0 radical (unpaired) electrons. The van der Waals surface area contributed by atoms with Gasteiger partial charge in [0.1, 0.15) is 6.54 Å². The van der Waals surface area contributed by atoms with Gasteiger partial charge in [0.05, 0.1) is 22.8 Å². The lowest BCUT2D eigenvalue weighted by molar-refractivity contribution is -0.114. The van der Waals surface area contributed by atoms with E-state index in [1.54, 1.807) is 62.4 Å². The zero-order valence-corrected chi connectivity index (χ0v) is 20.5. The molecular formula is C26H28N2O5S. The van der Waals surface area contributed by atoms with Crippen LogP contribution in [-0.2, 0) is 19.6 Å². The fourth-order valence-electron chi connectivity index (χ4n) is 3.38. The quantitative estimate of drug-likeness (QED) is 0.475. The summed E-state index contributed by atoms with van der Waals surface area (Å²) in [6.45, 7) is 7.15. The van der Waals surface area contributed by atoms with Gasteiger partial charge in [-0.2, -0.15) is 0 Å². The number of rotatable bonds is 8. The van der Waals surface area contributed by atoms with Crippen molar-refractivity contribution in [3.63, 3.8) is 0 Å². The molecule has 0 aliphatic carbocycles. The number of anilines is 2. The Kier molecular flexibility index (Phi) is 7.73. The van der Waals surface area contributed by atoms with Crippen LogP contribution in [0.25, 0.3) is 0 Å². The van der Waals surface area contributed by atoms with Crippen LogP contribution in [0.4, 0.5) is 11.4 Å². The molecule has 3 aromatic carbocycles. The van der Waals surface area contributed by atoms with Gasteiger partial charge in [0.25, 0.3) is 10.0 Å². The van der Waals surface area contributed by atoms with Crippen molar-refractivity contribution in [3.05, 3.63) is 89.0 Å². The van der Waals surface area contributed by atoms with Gasteiger partial charge in [-0.15, -0.1) is 0 Å². The summed E-state index contributed by atoms with van der Waals surface area (Å²) < 4.78 is 33.0. The lowest BCUT2D eigenvalue weighted by Gasteiger charge is -2.25. The first-order chi connectivity index (χ1) is 16.1. The standard InChI is InChI=1S/C26H28N2O5S/c1-5-33-26(30)21-12-14-24(20(4)15-21)27-25(29)17-28(22-13-11-18(2)19(3)16-22)34(31,32)23-9-7-6-8-10-23/h6-16H,5,17H2,1-4H3,(H,27,29). The molecule has 0 saturated carbocycles. The van der Waals surface area contributed by atoms with Crippen LogP contribution in [0.15, 0.2) is 71.6 Å². The van der Waals surface area contributed by atoms with Crippen molar-refractivity contribution in [3.8, 4) is 0 Å². The second-order valence-corrected chi connectivity index (χ2v) is 9.75. The van der Waals surface area contributed by atoms with Gasteiger partial charge in [0.2, 0.25) is 5.91 Å². The molecule has 1 amide bonds. The Morgan fingerprint density at radius 2 is 1.59 bits per heavy atom. The highest BCUT2D eigenvalue weighted by Gasteiger charge is 2.27. The molecule has 0 heterocycles. The Balaban J connectivity index is 1.90. The van der Waals surface area contributed by atoms with Gasteiger partial charge in [-0.3, -0.25) is 9.10 Å². The number of carbonyl (C=O) groups is 2. The summed E-state index contributed by atoms with van der Waals surface area (Å²) in [5.41, 5.74) is 3.84. The van der Waals surface area contributed by atoms with Crippen LogP contribution in [0.3, 0.4) is 0 Å². The maximum absolute atomic E-state index is 13.5. The molecule has 178 valence electrons. The molecule has 3 rings (SSSR count). The van der Waals surface area contributed by atoms with E-state index in [-0.39, 0.29) is 11.5 Å². The average Bonchev–Trinajstić information content (AvgIpc) is 2.81. The number of benzene rings is 3. The summed E-state index contributed by atoms with van der Waals surface area (Å²) in [6, 6.07) is 18.1. The number of nitrogens with zero attached hydrogens (tertiary/aromatic N) is 1. The fourth-order valence-corrected chi connectivity index (χ4v) is 4.81. The number of amides is 1. The molecule has 0 spiro atoms. The van der Waals surface area contributed by atoms with Gasteiger partial charge in [0, 0.05) is 5.69 Å². The molecule has 3 aromatic rings. The van der Waals surface area contributed by atoms with E-state index < -0.39 is 28.4 Å². The molecule has 0 atom stereocenters. The van der Waals surface area contributed by atoms with E-state index in [0.717, 1.165) is 15.4 Å².